The number of ether oxygens (including phenoxy) is 1. The molecule has 0 aliphatic carbocycles. The molecule has 1 aliphatic heterocycles. The van der Waals surface area contributed by atoms with Gasteiger partial charge < -0.3 is 20.8 Å². The maximum Gasteiger partial charge on any atom is 0.434 e. The van der Waals surface area contributed by atoms with E-state index in [4.69, 9.17) is 15.9 Å². The number of nitrogens with zero attached hydrogens (tertiary/aromatic N) is 6. The van der Waals surface area contributed by atoms with Crippen LogP contribution in [0.25, 0.3) is 17.0 Å². The first kappa shape index (κ1) is 20.7. The highest BCUT2D eigenvalue weighted by atomic mass is 19.4. The summed E-state index contributed by atoms with van der Waals surface area (Å²) in [5.41, 5.74) is 6.16. The van der Waals surface area contributed by atoms with E-state index in [9.17, 15) is 13.2 Å². The predicted molar refractivity (Wildman–Crippen MR) is 107 cm³/mol. The molecular formula is C19H19F3N8O. The molecule has 0 aromatic carbocycles. The Kier molecular flexibility index (Phi) is 5.31. The molecule has 1 fully saturated rings. The summed E-state index contributed by atoms with van der Waals surface area (Å²) in [6.07, 6.45) is 2.25. The van der Waals surface area contributed by atoms with Gasteiger partial charge in [0, 0.05) is 36.9 Å². The minimum absolute atomic E-state index is 0.169. The number of imidazole rings is 1. The van der Waals surface area contributed by atoms with Crippen LogP contribution in [0.3, 0.4) is 0 Å². The summed E-state index contributed by atoms with van der Waals surface area (Å²) in [6.45, 7) is 2.77. The Hall–Kier alpha value is -3.54. The molecule has 3 N–H and O–H groups in total. The fraction of sp³-hybridized carbons (Fsp3) is 0.316. The van der Waals surface area contributed by atoms with Crippen molar-refractivity contribution in [3.05, 3.63) is 48.3 Å². The number of hydrogen-bond acceptors (Lipinski definition) is 8. The second kappa shape index (κ2) is 7.95. The molecule has 4 heterocycles. The van der Waals surface area contributed by atoms with E-state index < -0.39 is 18.0 Å². The van der Waals surface area contributed by atoms with Crippen molar-refractivity contribution < 1.29 is 17.9 Å². The second-order valence-electron chi connectivity index (χ2n) is 7.04. The van der Waals surface area contributed by atoms with Crippen LogP contribution in [-0.4, -0.2) is 55.8 Å². The van der Waals surface area contributed by atoms with Crippen LogP contribution in [0.1, 0.15) is 12.6 Å². The van der Waals surface area contributed by atoms with Crippen molar-refractivity contribution in [3.8, 4) is 11.4 Å². The lowest BCUT2D eigenvalue weighted by atomic mass is 10.1. The Morgan fingerprint density at radius 3 is 2.77 bits per heavy atom. The summed E-state index contributed by atoms with van der Waals surface area (Å²) >= 11 is 0. The van der Waals surface area contributed by atoms with Crippen molar-refractivity contribution >= 4 is 17.8 Å². The molecule has 12 heteroatoms. The van der Waals surface area contributed by atoms with Gasteiger partial charge in [0.1, 0.15) is 6.10 Å². The molecule has 2 atom stereocenters. The predicted octanol–water partition coefficient (Wildman–Crippen LogP) is 2.29. The van der Waals surface area contributed by atoms with E-state index in [1.165, 1.54) is 23.0 Å². The van der Waals surface area contributed by atoms with E-state index in [1.54, 1.807) is 6.07 Å². The molecule has 9 nitrogen and oxygen atoms in total. The van der Waals surface area contributed by atoms with Crippen molar-refractivity contribution in [1.82, 2.24) is 24.3 Å². The number of rotatable bonds is 4. The Labute approximate surface area is 174 Å². The molecule has 3 aromatic rings. The fourth-order valence-electron chi connectivity index (χ4n) is 3.42. The topological polar surface area (TPSA) is 118 Å². The van der Waals surface area contributed by atoms with Gasteiger partial charge in [0.15, 0.2) is 11.3 Å². The number of morpholine rings is 1. The molecule has 31 heavy (non-hydrogen) atoms. The van der Waals surface area contributed by atoms with Crippen LogP contribution in [0.4, 0.5) is 19.1 Å². The highest BCUT2D eigenvalue weighted by Crippen LogP contribution is 2.29. The van der Waals surface area contributed by atoms with Gasteiger partial charge in [-0.2, -0.15) is 13.2 Å². The smallest absolute Gasteiger partial charge is 0.404 e. The van der Waals surface area contributed by atoms with Crippen LogP contribution in [0.2, 0.25) is 0 Å². The normalized spacial score (nSPS) is 20.3. The number of aromatic nitrogens is 5. The molecule has 162 valence electrons. The molecule has 0 bridgehead atoms. The van der Waals surface area contributed by atoms with Crippen molar-refractivity contribution in [3.63, 3.8) is 0 Å². The van der Waals surface area contributed by atoms with E-state index in [0.29, 0.717) is 36.0 Å². The van der Waals surface area contributed by atoms with Gasteiger partial charge in [-0.3, -0.25) is 4.40 Å². The monoisotopic (exact) mass is 432 g/mol. The van der Waals surface area contributed by atoms with Crippen LogP contribution in [0, 0.1) is 5.41 Å². The average molecular weight is 432 g/mol. The third-order valence-electron chi connectivity index (χ3n) is 4.87. The van der Waals surface area contributed by atoms with Gasteiger partial charge in [0.25, 0.3) is 0 Å². The lowest BCUT2D eigenvalue weighted by Gasteiger charge is -2.37. The van der Waals surface area contributed by atoms with Gasteiger partial charge >= 0.3 is 6.18 Å². The SMILES string of the molecule is CC1CN(c2nccc(-c3cnc4cnc(C(F)(F)F)cn34)n2)CC(/C(C=N)=C/N)O1. The summed E-state index contributed by atoms with van der Waals surface area (Å²) in [5, 5.41) is 7.50. The zero-order valence-electron chi connectivity index (χ0n) is 16.4. The zero-order valence-corrected chi connectivity index (χ0v) is 16.4. The van der Waals surface area contributed by atoms with Crippen LogP contribution in [-0.2, 0) is 10.9 Å². The molecule has 0 radical (unpaired) electrons. The zero-order chi connectivity index (χ0) is 22.2. The number of hydrogen-bond donors (Lipinski definition) is 2. The number of fused-ring (bicyclic) bond motifs is 1. The van der Waals surface area contributed by atoms with Gasteiger partial charge in [-0.15, -0.1) is 0 Å². The summed E-state index contributed by atoms with van der Waals surface area (Å²) in [6, 6.07) is 1.60. The van der Waals surface area contributed by atoms with Crippen LogP contribution in [0.5, 0.6) is 0 Å². The molecule has 1 saturated heterocycles. The van der Waals surface area contributed by atoms with Gasteiger partial charge in [-0.05, 0) is 13.0 Å². The highest BCUT2D eigenvalue weighted by Gasteiger charge is 2.33. The van der Waals surface area contributed by atoms with E-state index in [1.807, 2.05) is 11.8 Å². The lowest BCUT2D eigenvalue weighted by molar-refractivity contribution is -0.141. The number of halogens is 3. The maximum atomic E-state index is 13.1. The van der Waals surface area contributed by atoms with Crippen molar-refractivity contribution in [2.24, 2.45) is 5.73 Å². The first-order valence-corrected chi connectivity index (χ1v) is 9.36. The average Bonchev–Trinajstić information content (AvgIpc) is 3.17. The molecule has 1 aliphatic rings. The first-order valence-electron chi connectivity index (χ1n) is 9.36. The minimum Gasteiger partial charge on any atom is -0.404 e. The van der Waals surface area contributed by atoms with Gasteiger partial charge in [0.2, 0.25) is 5.95 Å². The largest absolute Gasteiger partial charge is 0.434 e. The van der Waals surface area contributed by atoms with Gasteiger partial charge in [0.05, 0.1) is 36.4 Å². The Bertz CT molecular complexity index is 1140. The summed E-state index contributed by atoms with van der Waals surface area (Å²) in [7, 11) is 0. The number of alkyl halides is 3. The Morgan fingerprint density at radius 1 is 1.26 bits per heavy atom. The van der Waals surface area contributed by atoms with Gasteiger partial charge in [-0.25, -0.2) is 19.9 Å². The van der Waals surface area contributed by atoms with E-state index in [-0.39, 0.29) is 11.8 Å². The summed E-state index contributed by atoms with van der Waals surface area (Å²) in [4.78, 5) is 18.3. The summed E-state index contributed by atoms with van der Waals surface area (Å²) in [5.74, 6) is 0.388. The van der Waals surface area contributed by atoms with Crippen molar-refractivity contribution in [2.75, 3.05) is 18.0 Å². The second-order valence-corrected chi connectivity index (χ2v) is 7.04. The lowest BCUT2D eigenvalue weighted by Crippen LogP contribution is -2.48. The van der Waals surface area contributed by atoms with Crippen molar-refractivity contribution in [1.29, 1.82) is 5.41 Å². The highest BCUT2D eigenvalue weighted by molar-refractivity contribution is 5.77. The number of nitrogens with two attached hydrogens (primary N) is 1. The van der Waals surface area contributed by atoms with E-state index in [0.717, 1.165) is 18.6 Å². The van der Waals surface area contributed by atoms with Crippen molar-refractivity contribution in [2.45, 2.75) is 25.3 Å². The quantitative estimate of drug-likeness (QED) is 0.607. The maximum absolute atomic E-state index is 13.1. The van der Waals surface area contributed by atoms with Gasteiger partial charge in [-0.1, -0.05) is 0 Å². The van der Waals surface area contributed by atoms with Crippen LogP contribution < -0.4 is 10.6 Å². The molecule has 0 amide bonds. The van der Waals surface area contributed by atoms with Crippen LogP contribution >= 0.6 is 0 Å². The molecule has 2 unspecified atom stereocenters. The van der Waals surface area contributed by atoms with Crippen LogP contribution in [0.15, 0.2) is 42.6 Å². The third kappa shape index (κ3) is 4.06. The first-order chi connectivity index (χ1) is 14.8. The van der Waals surface area contributed by atoms with E-state index in [2.05, 4.69) is 19.9 Å². The molecule has 4 rings (SSSR count). The Morgan fingerprint density at radius 2 is 2.06 bits per heavy atom. The minimum atomic E-state index is -4.57. The third-order valence-corrected chi connectivity index (χ3v) is 4.87. The molecular weight excluding hydrogens is 413 g/mol. The summed E-state index contributed by atoms with van der Waals surface area (Å²) < 4.78 is 46.4. The number of nitrogens with one attached hydrogen (secondary N) is 1. The standard InChI is InChI=1S/C19H19F3N8O/c1-11-8-29(9-15(31-11)12(4-23)5-24)18-25-3-2-13(28-18)14-6-27-17-7-26-16(10-30(14)17)19(20,21)22/h2-7,10-11,15,23H,8-9,24H2,1H3/b12-5+,23-4?. The molecule has 0 spiro atoms. The number of anilines is 1. The molecule has 0 saturated carbocycles. The fourth-order valence-corrected chi connectivity index (χ4v) is 3.42. The Balaban J connectivity index is 1.70. The van der Waals surface area contributed by atoms with E-state index >= 15 is 0 Å². The molecule has 3 aromatic heterocycles.